The molecule has 2 aromatic rings. The van der Waals surface area contributed by atoms with Gasteiger partial charge in [0.2, 0.25) is 0 Å². The molecule has 0 bridgehead atoms. The summed E-state index contributed by atoms with van der Waals surface area (Å²) in [6.45, 7) is 6.37. The summed E-state index contributed by atoms with van der Waals surface area (Å²) < 4.78 is 5.03. The van der Waals surface area contributed by atoms with Gasteiger partial charge in [-0.25, -0.2) is 9.97 Å². The number of benzene rings is 1. The smallest absolute Gasteiger partial charge is 0.272 e. The molecule has 1 aromatic carbocycles. The number of ether oxygens (including phenoxy) is 1. The molecular weight excluding hydrogens is 316 g/mol. The number of anilines is 1. The highest BCUT2D eigenvalue weighted by Crippen LogP contribution is 2.12. The van der Waals surface area contributed by atoms with Gasteiger partial charge in [-0.3, -0.25) is 4.79 Å². The number of methoxy groups -OCH3 is 1. The second-order valence-corrected chi connectivity index (χ2v) is 5.76. The average Bonchev–Trinajstić information content (AvgIpc) is 2.63. The first-order chi connectivity index (χ1) is 12.1. The molecule has 0 unspecified atom stereocenters. The molecule has 1 N–H and O–H groups in total. The lowest BCUT2D eigenvalue weighted by molar-refractivity contribution is 0.0746. The molecule has 0 atom stereocenters. The van der Waals surface area contributed by atoms with Crippen LogP contribution in [0.3, 0.4) is 0 Å². The summed E-state index contributed by atoms with van der Waals surface area (Å²) in [7, 11) is 1.68. The molecule has 0 aliphatic rings. The number of rotatable bonds is 9. The molecule has 1 heterocycles. The third kappa shape index (κ3) is 5.83. The highest BCUT2D eigenvalue weighted by molar-refractivity contribution is 5.93. The molecule has 0 saturated carbocycles. The fraction of sp³-hybridized carbons (Fsp3) is 0.421. The SMILES string of the molecule is CCN(Cc1ccccc1)C(=O)c1cc(NCCCOC)nc(C)n1. The van der Waals surface area contributed by atoms with Crippen LogP contribution in [0.15, 0.2) is 36.4 Å². The Hall–Kier alpha value is -2.47. The molecule has 0 aliphatic heterocycles. The molecule has 1 amide bonds. The van der Waals surface area contributed by atoms with Crippen molar-refractivity contribution in [3.05, 3.63) is 53.5 Å². The van der Waals surface area contributed by atoms with Gasteiger partial charge in [0.15, 0.2) is 0 Å². The van der Waals surface area contributed by atoms with Crippen LogP contribution in [-0.2, 0) is 11.3 Å². The van der Waals surface area contributed by atoms with E-state index in [4.69, 9.17) is 4.74 Å². The molecule has 6 nitrogen and oxygen atoms in total. The second-order valence-electron chi connectivity index (χ2n) is 5.76. The minimum atomic E-state index is -0.0863. The molecule has 0 aliphatic carbocycles. The number of aromatic nitrogens is 2. The number of carbonyl (C=O) groups is 1. The van der Waals surface area contributed by atoms with Crippen LogP contribution in [0, 0.1) is 6.92 Å². The Morgan fingerprint density at radius 2 is 2.00 bits per heavy atom. The van der Waals surface area contributed by atoms with E-state index in [9.17, 15) is 4.79 Å². The van der Waals surface area contributed by atoms with E-state index < -0.39 is 0 Å². The van der Waals surface area contributed by atoms with E-state index in [0.717, 1.165) is 18.5 Å². The molecule has 0 saturated heterocycles. The third-order valence-corrected chi connectivity index (χ3v) is 3.77. The molecule has 2 rings (SSSR count). The van der Waals surface area contributed by atoms with Gasteiger partial charge >= 0.3 is 0 Å². The summed E-state index contributed by atoms with van der Waals surface area (Å²) in [6.07, 6.45) is 0.873. The normalized spacial score (nSPS) is 10.5. The predicted octanol–water partition coefficient (Wildman–Crippen LogP) is 2.90. The predicted molar refractivity (Wildman–Crippen MR) is 98.6 cm³/mol. The van der Waals surface area contributed by atoms with Crippen molar-refractivity contribution in [2.45, 2.75) is 26.8 Å². The van der Waals surface area contributed by atoms with Gasteiger partial charge in [0.25, 0.3) is 5.91 Å². The van der Waals surface area contributed by atoms with Crippen molar-refractivity contribution in [1.82, 2.24) is 14.9 Å². The summed E-state index contributed by atoms with van der Waals surface area (Å²) in [5.41, 5.74) is 1.51. The average molecular weight is 342 g/mol. The van der Waals surface area contributed by atoms with Crippen molar-refractivity contribution in [3.8, 4) is 0 Å². The molecule has 0 fully saturated rings. The van der Waals surface area contributed by atoms with Crippen molar-refractivity contribution >= 4 is 11.7 Å². The Bertz CT molecular complexity index is 676. The Kier molecular flexibility index (Phi) is 7.35. The Labute approximate surface area is 149 Å². The minimum absolute atomic E-state index is 0.0863. The third-order valence-electron chi connectivity index (χ3n) is 3.77. The van der Waals surface area contributed by atoms with Crippen molar-refractivity contribution in [3.63, 3.8) is 0 Å². The zero-order valence-corrected chi connectivity index (χ0v) is 15.2. The minimum Gasteiger partial charge on any atom is -0.385 e. The second kappa shape index (κ2) is 9.74. The largest absolute Gasteiger partial charge is 0.385 e. The number of nitrogens with one attached hydrogen (secondary N) is 1. The maximum Gasteiger partial charge on any atom is 0.272 e. The van der Waals surface area contributed by atoms with Crippen molar-refractivity contribution in [2.24, 2.45) is 0 Å². The zero-order chi connectivity index (χ0) is 18.1. The summed E-state index contributed by atoms with van der Waals surface area (Å²) in [5, 5.41) is 3.22. The van der Waals surface area contributed by atoms with Crippen LogP contribution in [0.5, 0.6) is 0 Å². The van der Waals surface area contributed by atoms with E-state index in [1.165, 1.54) is 0 Å². The highest BCUT2D eigenvalue weighted by Gasteiger charge is 2.17. The lowest BCUT2D eigenvalue weighted by Gasteiger charge is -2.21. The molecular formula is C19H26N4O2. The number of hydrogen-bond donors (Lipinski definition) is 1. The molecule has 1 aromatic heterocycles. The topological polar surface area (TPSA) is 67.4 Å². The van der Waals surface area contributed by atoms with Gasteiger partial charge in [0.05, 0.1) is 0 Å². The summed E-state index contributed by atoms with van der Waals surface area (Å²) in [4.78, 5) is 23.3. The van der Waals surface area contributed by atoms with E-state index in [-0.39, 0.29) is 5.91 Å². The van der Waals surface area contributed by atoms with Gasteiger partial charge in [0.1, 0.15) is 17.3 Å². The highest BCUT2D eigenvalue weighted by atomic mass is 16.5. The van der Waals surface area contributed by atoms with E-state index in [1.54, 1.807) is 25.0 Å². The van der Waals surface area contributed by atoms with Crippen LogP contribution in [0.4, 0.5) is 5.82 Å². The van der Waals surface area contributed by atoms with Crippen LogP contribution in [0.1, 0.15) is 35.2 Å². The van der Waals surface area contributed by atoms with Crippen molar-refractivity contribution in [2.75, 3.05) is 32.1 Å². The van der Waals surface area contributed by atoms with Gasteiger partial charge in [-0.05, 0) is 25.8 Å². The fourth-order valence-corrected chi connectivity index (χ4v) is 2.49. The van der Waals surface area contributed by atoms with Gasteiger partial charge in [-0.15, -0.1) is 0 Å². The van der Waals surface area contributed by atoms with E-state index in [2.05, 4.69) is 15.3 Å². The fourth-order valence-electron chi connectivity index (χ4n) is 2.49. The van der Waals surface area contributed by atoms with Crippen LogP contribution in [0.2, 0.25) is 0 Å². The first-order valence-corrected chi connectivity index (χ1v) is 8.55. The number of amides is 1. The molecule has 0 radical (unpaired) electrons. The zero-order valence-electron chi connectivity index (χ0n) is 15.2. The quantitative estimate of drug-likeness (QED) is 0.710. The molecule has 25 heavy (non-hydrogen) atoms. The summed E-state index contributed by atoms with van der Waals surface area (Å²) >= 11 is 0. The van der Waals surface area contributed by atoms with Crippen LogP contribution >= 0.6 is 0 Å². The monoisotopic (exact) mass is 342 g/mol. The summed E-state index contributed by atoms with van der Waals surface area (Å²) in [5.74, 6) is 1.16. The standard InChI is InChI=1S/C19H26N4O2/c1-4-23(14-16-9-6-5-7-10-16)19(24)17-13-18(22-15(2)21-17)20-11-8-12-25-3/h5-7,9-10,13H,4,8,11-12,14H2,1-3H3,(H,20,21,22). The molecule has 6 heteroatoms. The van der Waals surface area contributed by atoms with Crippen LogP contribution < -0.4 is 5.32 Å². The molecule has 134 valence electrons. The van der Waals surface area contributed by atoms with E-state index in [1.807, 2.05) is 37.3 Å². The lowest BCUT2D eigenvalue weighted by atomic mass is 10.2. The van der Waals surface area contributed by atoms with E-state index in [0.29, 0.717) is 37.0 Å². The van der Waals surface area contributed by atoms with Crippen molar-refractivity contribution in [1.29, 1.82) is 0 Å². The van der Waals surface area contributed by atoms with Gasteiger partial charge in [-0.2, -0.15) is 0 Å². The maximum absolute atomic E-state index is 12.8. The summed E-state index contributed by atoms with van der Waals surface area (Å²) in [6, 6.07) is 11.7. The number of carbonyl (C=O) groups excluding carboxylic acids is 1. The molecule has 0 spiro atoms. The van der Waals surface area contributed by atoms with Gasteiger partial charge in [0, 0.05) is 39.4 Å². The van der Waals surface area contributed by atoms with Crippen LogP contribution in [0.25, 0.3) is 0 Å². The lowest BCUT2D eigenvalue weighted by Crippen LogP contribution is -2.31. The van der Waals surface area contributed by atoms with Gasteiger partial charge < -0.3 is 15.0 Å². The maximum atomic E-state index is 12.8. The van der Waals surface area contributed by atoms with Crippen molar-refractivity contribution < 1.29 is 9.53 Å². The number of nitrogens with zero attached hydrogens (tertiary/aromatic N) is 3. The first kappa shape index (κ1) is 18.9. The number of hydrogen-bond acceptors (Lipinski definition) is 5. The van der Waals surface area contributed by atoms with Gasteiger partial charge in [-0.1, -0.05) is 30.3 Å². The Morgan fingerprint density at radius 1 is 1.24 bits per heavy atom. The van der Waals surface area contributed by atoms with Crippen LogP contribution in [-0.4, -0.2) is 47.6 Å². The Morgan fingerprint density at radius 3 is 2.68 bits per heavy atom. The Balaban J connectivity index is 2.09. The number of aryl methyl sites for hydroxylation is 1. The first-order valence-electron chi connectivity index (χ1n) is 8.55. The van der Waals surface area contributed by atoms with E-state index >= 15 is 0 Å².